The molecule has 1 N–H and O–H groups in total. The van der Waals surface area contributed by atoms with Gasteiger partial charge in [0.25, 0.3) is 0 Å². The van der Waals surface area contributed by atoms with Gasteiger partial charge in [-0.15, -0.1) is 0 Å². The van der Waals surface area contributed by atoms with Gasteiger partial charge in [0.2, 0.25) is 11.8 Å². The first-order valence-corrected chi connectivity index (χ1v) is 9.66. The quantitative estimate of drug-likeness (QED) is 0.821. The van der Waals surface area contributed by atoms with Crippen LogP contribution >= 0.6 is 11.6 Å². The molecule has 1 aromatic carbocycles. The van der Waals surface area contributed by atoms with E-state index >= 15 is 0 Å². The number of amides is 2. The summed E-state index contributed by atoms with van der Waals surface area (Å²) < 4.78 is 5.51. The number of carbonyl (C=O) groups is 2. The summed E-state index contributed by atoms with van der Waals surface area (Å²) in [6, 6.07) is 7.74. The predicted octanol–water partition coefficient (Wildman–Crippen LogP) is 2.06. The molecule has 0 aliphatic carbocycles. The van der Waals surface area contributed by atoms with Gasteiger partial charge in [-0.1, -0.05) is 11.6 Å². The van der Waals surface area contributed by atoms with E-state index in [0.717, 1.165) is 49.7 Å². The number of hydrogen-bond acceptors (Lipinski definition) is 4. The first-order chi connectivity index (χ1) is 12.6. The lowest BCUT2D eigenvalue weighted by atomic mass is 10.1. The molecular formula is C19H26ClN3O3. The Morgan fingerprint density at radius 3 is 2.54 bits per heavy atom. The molecule has 0 aromatic heterocycles. The summed E-state index contributed by atoms with van der Waals surface area (Å²) in [7, 11) is 0. The van der Waals surface area contributed by atoms with E-state index in [2.05, 4.69) is 10.2 Å². The normalized spacial score (nSPS) is 20.3. The van der Waals surface area contributed by atoms with E-state index in [0.29, 0.717) is 19.5 Å². The van der Waals surface area contributed by atoms with Gasteiger partial charge in [-0.2, -0.15) is 0 Å². The predicted molar refractivity (Wildman–Crippen MR) is 101 cm³/mol. The average Bonchev–Trinajstić information content (AvgIpc) is 3.19. The Balaban J connectivity index is 1.35. The number of benzene rings is 1. The van der Waals surface area contributed by atoms with E-state index in [-0.39, 0.29) is 24.5 Å². The molecule has 142 valence electrons. The lowest BCUT2D eigenvalue weighted by Gasteiger charge is -2.36. The first kappa shape index (κ1) is 19.0. The molecule has 6 nitrogen and oxygen atoms in total. The topological polar surface area (TPSA) is 61.9 Å². The van der Waals surface area contributed by atoms with E-state index < -0.39 is 0 Å². The standard InChI is InChI=1S/C19H26ClN3O3/c20-15-3-5-16(6-4-15)22-9-11-23(12-10-22)19(25)14-21-18(24)8-7-17-2-1-13-26-17/h3-6,17H,1-2,7-14H2,(H,21,24)/t17-/m1/s1. The van der Waals surface area contributed by atoms with Crippen molar-refractivity contribution in [1.29, 1.82) is 0 Å². The number of carbonyl (C=O) groups excluding carboxylic acids is 2. The molecule has 7 heteroatoms. The molecule has 2 saturated heterocycles. The number of ether oxygens (including phenoxy) is 1. The molecule has 1 atom stereocenters. The number of rotatable bonds is 6. The second-order valence-corrected chi connectivity index (χ2v) is 7.23. The van der Waals surface area contributed by atoms with E-state index in [9.17, 15) is 9.59 Å². The first-order valence-electron chi connectivity index (χ1n) is 9.28. The van der Waals surface area contributed by atoms with Crippen molar-refractivity contribution < 1.29 is 14.3 Å². The van der Waals surface area contributed by atoms with E-state index in [1.54, 1.807) is 0 Å². The lowest BCUT2D eigenvalue weighted by molar-refractivity contribution is -0.133. The summed E-state index contributed by atoms with van der Waals surface area (Å²) in [5.74, 6) is -0.0973. The number of hydrogen-bond donors (Lipinski definition) is 1. The minimum absolute atomic E-state index is 0.0220. The van der Waals surface area contributed by atoms with Crippen LogP contribution in [0.2, 0.25) is 5.02 Å². The van der Waals surface area contributed by atoms with Crippen molar-refractivity contribution in [3.63, 3.8) is 0 Å². The Morgan fingerprint density at radius 1 is 1.15 bits per heavy atom. The Hall–Kier alpha value is -1.79. The fourth-order valence-corrected chi connectivity index (χ4v) is 3.53. The van der Waals surface area contributed by atoms with Crippen molar-refractivity contribution in [2.45, 2.75) is 31.8 Å². The zero-order valence-corrected chi connectivity index (χ0v) is 15.7. The van der Waals surface area contributed by atoms with Crippen LogP contribution in [0.25, 0.3) is 0 Å². The monoisotopic (exact) mass is 379 g/mol. The van der Waals surface area contributed by atoms with Crippen LogP contribution < -0.4 is 10.2 Å². The molecule has 26 heavy (non-hydrogen) atoms. The highest BCUT2D eigenvalue weighted by molar-refractivity contribution is 6.30. The van der Waals surface area contributed by atoms with Crippen LogP contribution in [0.5, 0.6) is 0 Å². The Bertz CT molecular complexity index is 609. The van der Waals surface area contributed by atoms with Gasteiger partial charge in [-0.05, 0) is 43.5 Å². The fourth-order valence-electron chi connectivity index (χ4n) is 3.40. The third-order valence-electron chi connectivity index (χ3n) is 4.98. The lowest BCUT2D eigenvalue weighted by Crippen LogP contribution is -2.51. The van der Waals surface area contributed by atoms with Crippen LogP contribution in [0.1, 0.15) is 25.7 Å². The molecule has 0 bridgehead atoms. The van der Waals surface area contributed by atoms with Crippen molar-refractivity contribution in [3.05, 3.63) is 29.3 Å². The highest BCUT2D eigenvalue weighted by atomic mass is 35.5. The average molecular weight is 380 g/mol. The zero-order chi connectivity index (χ0) is 18.4. The van der Waals surface area contributed by atoms with Crippen molar-refractivity contribution >= 4 is 29.1 Å². The summed E-state index contributed by atoms with van der Waals surface area (Å²) in [6.45, 7) is 3.75. The minimum atomic E-state index is -0.0753. The third-order valence-corrected chi connectivity index (χ3v) is 5.23. The maximum Gasteiger partial charge on any atom is 0.242 e. The highest BCUT2D eigenvalue weighted by Crippen LogP contribution is 2.19. The van der Waals surface area contributed by atoms with Crippen molar-refractivity contribution in [2.75, 3.05) is 44.2 Å². The maximum absolute atomic E-state index is 12.3. The van der Waals surface area contributed by atoms with Gasteiger partial charge >= 0.3 is 0 Å². The summed E-state index contributed by atoms with van der Waals surface area (Å²) >= 11 is 5.92. The molecule has 0 radical (unpaired) electrons. The summed E-state index contributed by atoms with van der Waals surface area (Å²) in [4.78, 5) is 28.2. The SMILES string of the molecule is O=C(CC[C@H]1CCCO1)NCC(=O)N1CCN(c2ccc(Cl)cc2)CC1. The number of anilines is 1. The van der Waals surface area contributed by atoms with Crippen molar-refractivity contribution in [3.8, 4) is 0 Å². The molecule has 2 fully saturated rings. The maximum atomic E-state index is 12.3. The molecule has 3 rings (SSSR count). The van der Waals surface area contributed by atoms with Crippen molar-refractivity contribution in [1.82, 2.24) is 10.2 Å². The van der Waals surface area contributed by atoms with Crippen LogP contribution in [0.15, 0.2) is 24.3 Å². The molecule has 0 saturated carbocycles. The molecule has 1 aromatic rings. The molecular weight excluding hydrogens is 354 g/mol. The molecule has 2 amide bonds. The van der Waals surface area contributed by atoms with Crippen LogP contribution in [0.4, 0.5) is 5.69 Å². The van der Waals surface area contributed by atoms with Crippen molar-refractivity contribution in [2.24, 2.45) is 0 Å². The van der Waals surface area contributed by atoms with Gasteiger partial charge < -0.3 is 19.9 Å². The van der Waals surface area contributed by atoms with Crippen LogP contribution in [-0.2, 0) is 14.3 Å². The Labute approximate surface area is 159 Å². The van der Waals surface area contributed by atoms with Gasteiger partial charge in [0.05, 0.1) is 12.6 Å². The smallest absolute Gasteiger partial charge is 0.242 e. The van der Waals surface area contributed by atoms with E-state index in [1.165, 1.54) is 0 Å². The molecule has 2 aliphatic heterocycles. The number of piperazine rings is 1. The Kier molecular flexibility index (Phi) is 6.74. The molecule has 0 unspecified atom stereocenters. The summed E-state index contributed by atoms with van der Waals surface area (Å²) in [5, 5.41) is 3.46. The molecule has 2 heterocycles. The van der Waals surface area contributed by atoms with Gasteiger partial charge in [0.15, 0.2) is 0 Å². The van der Waals surface area contributed by atoms with Gasteiger partial charge in [0, 0.05) is 49.9 Å². The fraction of sp³-hybridized carbons (Fsp3) is 0.579. The highest BCUT2D eigenvalue weighted by Gasteiger charge is 2.22. The number of nitrogens with one attached hydrogen (secondary N) is 1. The molecule has 0 spiro atoms. The summed E-state index contributed by atoms with van der Waals surface area (Å²) in [5.41, 5.74) is 1.11. The van der Waals surface area contributed by atoms with Crippen LogP contribution in [0.3, 0.4) is 0 Å². The van der Waals surface area contributed by atoms with E-state index in [1.807, 2.05) is 29.2 Å². The molecule has 2 aliphatic rings. The third kappa shape index (κ3) is 5.35. The zero-order valence-electron chi connectivity index (χ0n) is 15.0. The Morgan fingerprint density at radius 2 is 1.88 bits per heavy atom. The second-order valence-electron chi connectivity index (χ2n) is 6.79. The van der Waals surface area contributed by atoms with Crippen LogP contribution in [-0.4, -0.2) is 62.1 Å². The number of halogens is 1. The number of nitrogens with zero attached hydrogens (tertiary/aromatic N) is 2. The minimum Gasteiger partial charge on any atom is -0.378 e. The van der Waals surface area contributed by atoms with Crippen LogP contribution in [0, 0.1) is 0 Å². The van der Waals surface area contributed by atoms with E-state index in [4.69, 9.17) is 16.3 Å². The van der Waals surface area contributed by atoms with Gasteiger partial charge in [-0.25, -0.2) is 0 Å². The van der Waals surface area contributed by atoms with Gasteiger partial charge in [-0.3, -0.25) is 9.59 Å². The largest absolute Gasteiger partial charge is 0.378 e. The van der Waals surface area contributed by atoms with Gasteiger partial charge in [0.1, 0.15) is 0 Å². The second kappa shape index (κ2) is 9.24. The summed E-state index contributed by atoms with van der Waals surface area (Å²) in [6.07, 6.45) is 3.47.